The van der Waals surface area contributed by atoms with Crippen LogP contribution in [0.4, 0.5) is 0 Å². The Bertz CT molecular complexity index is 897. The molecule has 4 nitrogen and oxygen atoms in total. The molecule has 24 heavy (non-hydrogen) atoms. The van der Waals surface area contributed by atoms with Crippen LogP contribution in [0.5, 0.6) is 5.75 Å². The number of rotatable bonds is 4. The first kappa shape index (κ1) is 16.4. The van der Waals surface area contributed by atoms with Crippen LogP contribution in [0.25, 0.3) is 16.6 Å². The molecule has 1 N–H and O–H groups in total. The molecular formula is C19H18ClNO3. The van der Waals surface area contributed by atoms with E-state index >= 15 is 0 Å². The maximum absolute atomic E-state index is 12.0. The van der Waals surface area contributed by atoms with Crippen LogP contribution in [-0.4, -0.2) is 22.2 Å². The quantitative estimate of drug-likeness (QED) is 0.714. The molecular weight excluding hydrogens is 326 g/mol. The van der Waals surface area contributed by atoms with Crippen LogP contribution in [0.15, 0.2) is 42.5 Å². The highest BCUT2D eigenvalue weighted by molar-refractivity contribution is 6.30. The summed E-state index contributed by atoms with van der Waals surface area (Å²) in [6.07, 6.45) is 0.196. The van der Waals surface area contributed by atoms with Crippen molar-refractivity contribution in [3.8, 4) is 11.4 Å². The number of carbonyl (C=O) groups is 1. The van der Waals surface area contributed by atoms with Crippen LogP contribution in [0.1, 0.15) is 18.2 Å². The van der Waals surface area contributed by atoms with Gasteiger partial charge in [-0.25, -0.2) is 0 Å². The Morgan fingerprint density at radius 3 is 2.58 bits per heavy atom. The fourth-order valence-corrected chi connectivity index (χ4v) is 3.10. The number of aromatic nitrogens is 1. The lowest BCUT2D eigenvalue weighted by Crippen LogP contribution is -2.08. The SMILES string of the molecule is CCOC(=O)Cc1c(C)n(-c2ccc(Cl)cc2)c2cc(O)ccc12. The van der Waals surface area contributed by atoms with E-state index in [1.165, 1.54) is 0 Å². The number of nitrogens with zero attached hydrogens (tertiary/aromatic N) is 1. The van der Waals surface area contributed by atoms with E-state index in [0.29, 0.717) is 11.6 Å². The highest BCUT2D eigenvalue weighted by Gasteiger charge is 2.18. The molecule has 0 spiro atoms. The monoisotopic (exact) mass is 343 g/mol. The Kier molecular flexibility index (Phi) is 4.49. The lowest BCUT2D eigenvalue weighted by molar-refractivity contribution is -0.142. The van der Waals surface area contributed by atoms with E-state index < -0.39 is 0 Å². The maximum Gasteiger partial charge on any atom is 0.310 e. The van der Waals surface area contributed by atoms with E-state index in [1.807, 2.05) is 41.8 Å². The third kappa shape index (κ3) is 2.97. The van der Waals surface area contributed by atoms with Gasteiger partial charge in [-0.05, 0) is 55.8 Å². The lowest BCUT2D eigenvalue weighted by atomic mass is 10.1. The van der Waals surface area contributed by atoms with E-state index in [-0.39, 0.29) is 18.1 Å². The highest BCUT2D eigenvalue weighted by atomic mass is 35.5. The van der Waals surface area contributed by atoms with Gasteiger partial charge in [0.25, 0.3) is 0 Å². The summed E-state index contributed by atoms with van der Waals surface area (Å²) < 4.78 is 7.10. The first-order valence-electron chi connectivity index (χ1n) is 7.75. The molecule has 0 saturated carbocycles. The number of aromatic hydroxyl groups is 1. The molecule has 0 fully saturated rings. The molecule has 1 aromatic heterocycles. The number of hydrogen-bond acceptors (Lipinski definition) is 3. The smallest absolute Gasteiger partial charge is 0.310 e. The molecule has 5 heteroatoms. The summed E-state index contributed by atoms with van der Waals surface area (Å²) in [5, 5.41) is 11.5. The molecule has 3 aromatic rings. The van der Waals surface area contributed by atoms with E-state index in [1.54, 1.807) is 19.1 Å². The maximum atomic E-state index is 12.0. The van der Waals surface area contributed by atoms with Crippen molar-refractivity contribution in [1.29, 1.82) is 0 Å². The molecule has 124 valence electrons. The molecule has 1 heterocycles. The number of phenolic OH excluding ortho intramolecular Hbond substituents is 1. The molecule has 0 amide bonds. The second-order valence-electron chi connectivity index (χ2n) is 5.56. The van der Waals surface area contributed by atoms with Gasteiger partial charge in [-0.15, -0.1) is 0 Å². The fraction of sp³-hybridized carbons (Fsp3) is 0.211. The van der Waals surface area contributed by atoms with Crippen molar-refractivity contribution in [3.05, 3.63) is 58.7 Å². The number of ether oxygens (including phenoxy) is 1. The van der Waals surface area contributed by atoms with Crippen LogP contribution in [0, 0.1) is 6.92 Å². The van der Waals surface area contributed by atoms with Crippen molar-refractivity contribution < 1.29 is 14.6 Å². The van der Waals surface area contributed by atoms with Gasteiger partial charge in [-0.1, -0.05) is 11.6 Å². The minimum Gasteiger partial charge on any atom is -0.508 e. The van der Waals surface area contributed by atoms with E-state index in [4.69, 9.17) is 16.3 Å². The second-order valence-corrected chi connectivity index (χ2v) is 6.00. The normalized spacial score (nSPS) is 11.0. The molecule has 0 radical (unpaired) electrons. The van der Waals surface area contributed by atoms with Crippen LogP contribution >= 0.6 is 11.6 Å². The summed E-state index contributed by atoms with van der Waals surface area (Å²) in [4.78, 5) is 12.0. The Hall–Kier alpha value is -2.46. The van der Waals surface area contributed by atoms with Crippen LogP contribution in [0.3, 0.4) is 0 Å². The van der Waals surface area contributed by atoms with Gasteiger partial charge in [-0.3, -0.25) is 4.79 Å². The van der Waals surface area contributed by atoms with E-state index in [9.17, 15) is 9.90 Å². The van der Waals surface area contributed by atoms with Crippen LogP contribution in [-0.2, 0) is 16.0 Å². The molecule has 0 aliphatic heterocycles. The molecule has 3 rings (SSSR count). The van der Waals surface area contributed by atoms with Crippen molar-refractivity contribution >= 4 is 28.5 Å². The van der Waals surface area contributed by atoms with Gasteiger partial charge in [0.2, 0.25) is 0 Å². The molecule has 0 aliphatic rings. The number of phenols is 1. The predicted octanol–water partition coefficient (Wildman–Crippen LogP) is 4.40. The minimum absolute atomic E-state index is 0.179. The van der Waals surface area contributed by atoms with E-state index in [0.717, 1.165) is 27.8 Å². The Morgan fingerprint density at radius 2 is 1.92 bits per heavy atom. The average Bonchev–Trinajstić information content (AvgIpc) is 2.80. The standard InChI is InChI=1S/C19H18ClNO3/c1-3-24-19(23)11-17-12(2)21(14-6-4-13(20)5-7-14)18-10-15(22)8-9-16(17)18/h4-10,22H,3,11H2,1-2H3. The van der Waals surface area contributed by atoms with Gasteiger partial charge in [-0.2, -0.15) is 0 Å². The van der Waals surface area contributed by atoms with Crippen molar-refractivity contribution in [2.45, 2.75) is 20.3 Å². The molecule has 0 aliphatic carbocycles. The van der Waals surface area contributed by atoms with Gasteiger partial charge in [0, 0.05) is 27.9 Å². The Morgan fingerprint density at radius 1 is 1.21 bits per heavy atom. The number of hydrogen-bond donors (Lipinski definition) is 1. The zero-order chi connectivity index (χ0) is 17.3. The highest BCUT2D eigenvalue weighted by Crippen LogP contribution is 2.32. The average molecular weight is 344 g/mol. The van der Waals surface area contributed by atoms with E-state index in [2.05, 4.69) is 0 Å². The number of halogens is 1. The zero-order valence-electron chi connectivity index (χ0n) is 13.5. The van der Waals surface area contributed by atoms with Crippen molar-refractivity contribution in [2.24, 2.45) is 0 Å². The van der Waals surface area contributed by atoms with Gasteiger partial charge in [0.15, 0.2) is 0 Å². The second kappa shape index (κ2) is 6.57. The minimum atomic E-state index is -0.260. The van der Waals surface area contributed by atoms with Crippen molar-refractivity contribution in [1.82, 2.24) is 4.57 Å². The molecule has 0 unspecified atom stereocenters. The summed E-state index contributed by atoms with van der Waals surface area (Å²) in [5.41, 5.74) is 3.60. The van der Waals surface area contributed by atoms with Gasteiger partial charge < -0.3 is 14.4 Å². The Labute approximate surface area is 145 Å². The predicted molar refractivity (Wildman–Crippen MR) is 95.0 cm³/mol. The topological polar surface area (TPSA) is 51.5 Å². The van der Waals surface area contributed by atoms with Gasteiger partial charge in [0.05, 0.1) is 18.5 Å². The van der Waals surface area contributed by atoms with Gasteiger partial charge in [0.1, 0.15) is 5.75 Å². The summed E-state index contributed by atoms with van der Waals surface area (Å²) in [7, 11) is 0. The number of esters is 1. The summed E-state index contributed by atoms with van der Waals surface area (Å²) in [6, 6.07) is 12.6. The van der Waals surface area contributed by atoms with Crippen molar-refractivity contribution in [3.63, 3.8) is 0 Å². The van der Waals surface area contributed by atoms with Crippen molar-refractivity contribution in [2.75, 3.05) is 6.61 Å². The third-order valence-electron chi connectivity index (χ3n) is 4.03. The van der Waals surface area contributed by atoms with Crippen LogP contribution in [0.2, 0.25) is 5.02 Å². The molecule has 2 aromatic carbocycles. The lowest BCUT2D eigenvalue weighted by Gasteiger charge is -2.09. The molecule has 0 bridgehead atoms. The first-order valence-corrected chi connectivity index (χ1v) is 8.13. The number of carbonyl (C=O) groups excluding carboxylic acids is 1. The number of benzene rings is 2. The summed E-state index contributed by atoms with van der Waals surface area (Å²) in [5.74, 6) is -0.0817. The Balaban J connectivity index is 2.21. The molecule has 0 saturated heterocycles. The first-order chi connectivity index (χ1) is 11.5. The summed E-state index contributed by atoms with van der Waals surface area (Å²) in [6.45, 7) is 4.11. The molecule has 0 atom stereocenters. The summed E-state index contributed by atoms with van der Waals surface area (Å²) >= 11 is 5.98. The number of fused-ring (bicyclic) bond motifs is 1. The third-order valence-corrected chi connectivity index (χ3v) is 4.28. The fourth-order valence-electron chi connectivity index (χ4n) is 2.97. The zero-order valence-corrected chi connectivity index (χ0v) is 14.3. The largest absolute Gasteiger partial charge is 0.508 e. The van der Waals surface area contributed by atoms with Crippen LogP contribution < -0.4 is 0 Å². The van der Waals surface area contributed by atoms with Gasteiger partial charge >= 0.3 is 5.97 Å².